The largest absolute Gasteiger partial charge is 0.326 e. The van der Waals surface area contributed by atoms with Gasteiger partial charge in [-0.15, -0.1) is 11.8 Å². The lowest BCUT2D eigenvalue weighted by Gasteiger charge is -2.09. The number of carbonyl (C=O) groups is 2. The summed E-state index contributed by atoms with van der Waals surface area (Å²) in [6.45, 7) is 0. The third-order valence-corrected chi connectivity index (χ3v) is 4.70. The van der Waals surface area contributed by atoms with Gasteiger partial charge in [-0.1, -0.05) is 24.3 Å². The Balaban J connectivity index is 1.51. The Hall–Kier alpha value is -3.12. The number of pyridine rings is 1. The Labute approximate surface area is 162 Å². The minimum atomic E-state index is -0.222. The summed E-state index contributed by atoms with van der Waals surface area (Å²) >= 11 is 1.65. The fourth-order valence-electron chi connectivity index (χ4n) is 2.38. The van der Waals surface area contributed by atoms with Gasteiger partial charge in [0.1, 0.15) is 0 Å². The minimum Gasteiger partial charge on any atom is -0.326 e. The van der Waals surface area contributed by atoms with Crippen LogP contribution in [0.2, 0.25) is 0 Å². The zero-order chi connectivity index (χ0) is 18.9. The quantitative estimate of drug-likeness (QED) is 0.597. The maximum absolute atomic E-state index is 12.2. The Bertz CT molecular complexity index is 902. The van der Waals surface area contributed by atoms with Crippen LogP contribution in [0.5, 0.6) is 0 Å². The van der Waals surface area contributed by atoms with E-state index in [1.54, 1.807) is 60.6 Å². The van der Waals surface area contributed by atoms with Crippen LogP contribution in [0.15, 0.2) is 84.0 Å². The third-order valence-electron chi connectivity index (χ3n) is 3.69. The van der Waals surface area contributed by atoms with Gasteiger partial charge >= 0.3 is 0 Å². The highest BCUT2D eigenvalue weighted by atomic mass is 32.2. The molecule has 0 bridgehead atoms. The Morgan fingerprint density at radius 2 is 1.56 bits per heavy atom. The van der Waals surface area contributed by atoms with E-state index < -0.39 is 0 Å². The molecule has 0 aliphatic carbocycles. The molecule has 2 amide bonds. The van der Waals surface area contributed by atoms with Crippen molar-refractivity contribution in [3.63, 3.8) is 0 Å². The number of hydrogen-bond acceptors (Lipinski definition) is 4. The van der Waals surface area contributed by atoms with Crippen molar-refractivity contribution in [3.8, 4) is 0 Å². The topological polar surface area (TPSA) is 71.1 Å². The number of hydrogen-bond donors (Lipinski definition) is 2. The van der Waals surface area contributed by atoms with Gasteiger partial charge < -0.3 is 10.6 Å². The van der Waals surface area contributed by atoms with Gasteiger partial charge in [-0.05, 0) is 42.5 Å². The van der Waals surface area contributed by atoms with Crippen molar-refractivity contribution in [2.45, 2.75) is 11.3 Å². The first-order chi connectivity index (χ1) is 13.2. The number of nitrogens with zero attached hydrogens (tertiary/aromatic N) is 1. The number of rotatable bonds is 7. The summed E-state index contributed by atoms with van der Waals surface area (Å²) in [5, 5.41) is 5.68. The highest BCUT2D eigenvalue weighted by Gasteiger charge is 2.07. The zero-order valence-electron chi connectivity index (χ0n) is 14.6. The number of carbonyl (C=O) groups excluding carboxylic acids is 2. The number of aromatic nitrogens is 1. The van der Waals surface area contributed by atoms with E-state index in [4.69, 9.17) is 0 Å². The summed E-state index contributed by atoms with van der Waals surface area (Å²) in [6, 6.07) is 20.4. The van der Waals surface area contributed by atoms with Crippen molar-refractivity contribution in [2.24, 2.45) is 0 Å². The van der Waals surface area contributed by atoms with Gasteiger partial charge in [-0.2, -0.15) is 0 Å². The lowest BCUT2D eigenvalue weighted by molar-refractivity contribution is -0.115. The molecule has 27 heavy (non-hydrogen) atoms. The monoisotopic (exact) mass is 377 g/mol. The van der Waals surface area contributed by atoms with Crippen molar-refractivity contribution in [1.82, 2.24) is 4.98 Å². The Morgan fingerprint density at radius 1 is 0.852 bits per heavy atom. The Morgan fingerprint density at radius 3 is 2.30 bits per heavy atom. The molecule has 3 aromatic rings. The van der Waals surface area contributed by atoms with Crippen LogP contribution in [0.1, 0.15) is 16.8 Å². The molecule has 0 unspecified atom stereocenters. The number of amides is 2. The lowest BCUT2D eigenvalue weighted by atomic mass is 10.2. The van der Waals surface area contributed by atoms with Crippen LogP contribution >= 0.6 is 11.8 Å². The fourth-order valence-corrected chi connectivity index (χ4v) is 3.26. The van der Waals surface area contributed by atoms with Gasteiger partial charge in [0.15, 0.2) is 0 Å². The molecule has 2 N–H and O–H groups in total. The van der Waals surface area contributed by atoms with Crippen LogP contribution in [-0.4, -0.2) is 22.6 Å². The minimum absolute atomic E-state index is 0.0592. The first-order valence-corrected chi connectivity index (χ1v) is 9.48. The van der Waals surface area contributed by atoms with Gasteiger partial charge in [-0.3, -0.25) is 14.6 Å². The number of nitrogens with one attached hydrogen (secondary N) is 2. The SMILES string of the molecule is O=C(CCSc1ccccc1)Nc1cccc(NC(=O)c2ccncc2)c1. The van der Waals surface area contributed by atoms with E-state index in [1.807, 2.05) is 30.3 Å². The third kappa shape index (κ3) is 5.97. The van der Waals surface area contributed by atoms with Gasteiger partial charge in [0.25, 0.3) is 5.91 Å². The predicted octanol–water partition coefficient (Wildman–Crippen LogP) is 4.45. The molecule has 3 rings (SSSR count). The number of benzene rings is 2. The normalized spacial score (nSPS) is 10.2. The van der Waals surface area contributed by atoms with Crippen molar-refractivity contribution in [3.05, 3.63) is 84.7 Å². The first-order valence-electron chi connectivity index (χ1n) is 8.50. The van der Waals surface area contributed by atoms with E-state index in [-0.39, 0.29) is 11.8 Å². The number of thioether (sulfide) groups is 1. The molecule has 136 valence electrons. The maximum Gasteiger partial charge on any atom is 0.255 e. The number of anilines is 2. The summed E-state index contributed by atoms with van der Waals surface area (Å²) in [4.78, 5) is 29.4. The van der Waals surface area contributed by atoms with E-state index >= 15 is 0 Å². The fraction of sp³-hybridized carbons (Fsp3) is 0.0952. The van der Waals surface area contributed by atoms with E-state index in [1.165, 1.54) is 0 Å². The zero-order valence-corrected chi connectivity index (χ0v) is 15.4. The molecule has 0 spiro atoms. The summed E-state index contributed by atoms with van der Waals surface area (Å²) in [5.74, 6) is 0.421. The summed E-state index contributed by atoms with van der Waals surface area (Å²) < 4.78 is 0. The second-order valence-electron chi connectivity index (χ2n) is 5.73. The van der Waals surface area contributed by atoms with Gasteiger partial charge in [0, 0.05) is 46.4 Å². The second-order valence-corrected chi connectivity index (χ2v) is 6.90. The lowest BCUT2D eigenvalue weighted by Crippen LogP contribution is -2.14. The van der Waals surface area contributed by atoms with Crippen LogP contribution in [0.25, 0.3) is 0 Å². The standard InChI is InChI=1S/C21H19N3O2S/c25-20(11-14-27-19-7-2-1-3-8-19)23-17-5-4-6-18(15-17)24-21(26)16-9-12-22-13-10-16/h1-10,12-13,15H,11,14H2,(H,23,25)(H,24,26). The Kier molecular flexibility index (Phi) is 6.60. The summed E-state index contributed by atoms with van der Waals surface area (Å²) in [5.41, 5.74) is 1.79. The van der Waals surface area contributed by atoms with Crippen LogP contribution in [-0.2, 0) is 4.79 Å². The smallest absolute Gasteiger partial charge is 0.255 e. The molecule has 0 fully saturated rings. The molecule has 0 radical (unpaired) electrons. The molecular weight excluding hydrogens is 358 g/mol. The highest BCUT2D eigenvalue weighted by molar-refractivity contribution is 7.99. The summed E-state index contributed by atoms with van der Waals surface area (Å²) in [7, 11) is 0. The highest BCUT2D eigenvalue weighted by Crippen LogP contribution is 2.19. The van der Waals surface area contributed by atoms with Crippen LogP contribution in [0.4, 0.5) is 11.4 Å². The van der Waals surface area contributed by atoms with E-state index in [0.717, 1.165) is 4.90 Å². The van der Waals surface area contributed by atoms with Crippen molar-refractivity contribution in [1.29, 1.82) is 0 Å². The van der Waals surface area contributed by atoms with Crippen LogP contribution in [0.3, 0.4) is 0 Å². The maximum atomic E-state index is 12.2. The van der Waals surface area contributed by atoms with Crippen molar-refractivity contribution in [2.75, 3.05) is 16.4 Å². The second kappa shape index (κ2) is 9.54. The molecule has 6 heteroatoms. The van der Waals surface area contributed by atoms with E-state index in [0.29, 0.717) is 29.1 Å². The van der Waals surface area contributed by atoms with Gasteiger partial charge in [-0.25, -0.2) is 0 Å². The van der Waals surface area contributed by atoms with E-state index in [2.05, 4.69) is 15.6 Å². The van der Waals surface area contributed by atoms with Crippen LogP contribution in [0, 0.1) is 0 Å². The molecule has 0 aliphatic heterocycles. The van der Waals surface area contributed by atoms with Crippen molar-refractivity contribution >= 4 is 35.0 Å². The summed E-state index contributed by atoms with van der Waals surface area (Å²) in [6.07, 6.45) is 3.55. The average Bonchev–Trinajstić information content (AvgIpc) is 2.70. The molecule has 0 saturated carbocycles. The van der Waals surface area contributed by atoms with Gasteiger partial charge in [0.2, 0.25) is 5.91 Å². The molecule has 0 aliphatic rings. The molecule has 0 atom stereocenters. The first kappa shape index (κ1) is 18.7. The molecule has 1 heterocycles. The van der Waals surface area contributed by atoms with Crippen LogP contribution < -0.4 is 10.6 Å². The molecular formula is C21H19N3O2S. The average molecular weight is 377 g/mol. The van der Waals surface area contributed by atoms with Gasteiger partial charge in [0.05, 0.1) is 0 Å². The molecule has 5 nitrogen and oxygen atoms in total. The van der Waals surface area contributed by atoms with Crippen molar-refractivity contribution < 1.29 is 9.59 Å². The molecule has 0 saturated heterocycles. The van der Waals surface area contributed by atoms with E-state index in [9.17, 15) is 9.59 Å². The molecule has 2 aromatic carbocycles. The molecule has 1 aromatic heterocycles. The predicted molar refractivity (Wildman–Crippen MR) is 109 cm³/mol.